The van der Waals surface area contributed by atoms with E-state index in [9.17, 15) is 24.3 Å². The molecular formula is C30H24ClNO6. The number of fused-ring (bicyclic) bond motifs is 3. The SMILES string of the molecule is COc1cc([C@H]2C3=CC[C@@H]4C(=O)N(c5ccccc5)C(=O)[C@@H]4[C@@H]3CC3=C2C(=O)C=C(C)C3=O)cc(Cl)c1O. The van der Waals surface area contributed by atoms with Crippen molar-refractivity contribution in [1.29, 1.82) is 0 Å². The van der Waals surface area contributed by atoms with Gasteiger partial charge in [0.2, 0.25) is 11.8 Å². The highest BCUT2D eigenvalue weighted by molar-refractivity contribution is 6.32. The Hall–Kier alpha value is -3.97. The molecule has 38 heavy (non-hydrogen) atoms. The summed E-state index contributed by atoms with van der Waals surface area (Å²) in [6.45, 7) is 1.61. The van der Waals surface area contributed by atoms with Crippen LogP contribution >= 0.6 is 11.6 Å². The van der Waals surface area contributed by atoms with Crippen LogP contribution in [0, 0.1) is 17.8 Å². The molecule has 2 aromatic rings. The van der Waals surface area contributed by atoms with E-state index in [4.69, 9.17) is 16.3 Å². The molecule has 4 atom stereocenters. The van der Waals surface area contributed by atoms with Crippen molar-refractivity contribution < 1.29 is 29.0 Å². The number of nitrogens with zero attached hydrogens (tertiary/aromatic N) is 1. The lowest BCUT2D eigenvalue weighted by Gasteiger charge is -2.42. The molecule has 0 spiro atoms. The number of phenols is 1. The normalized spacial score (nSPS) is 26.6. The quantitative estimate of drug-likeness (QED) is 0.352. The monoisotopic (exact) mass is 529 g/mol. The second kappa shape index (κ2) is 8.81. The van der Waals surface area contributed by atoms with Gasteiger partial charge >= 0.3 is 0 Å². The van der Waals surface area contributed by atoms with Crippen LogP contribution in [0.2, 0.25) is 5.02 Å². The van der Waals surface area contributed by atoms with Crippen LogP contribution in [0.25, 0.3) is 0 Å². The summed E-state index contributed by atoms with van der Waals surface area (Å²) >= 11 is 6.34. The molecule has 2 aromatic carbocycles. The van der Waals surface area contributed by atoms with Gasteiger partial charge in [-0.05, 0) is 61.6 Å². The highest BCUT2D eigenvalue weighted by Gasteiger charge is 2.56. The number of amides is 2. The zero-order valence-corrected chi connectivity index (χ0v) is 21.5. The second-order valence-corrected chi connectivity index (χ2v) is 10.5. The largest absolute Gasteiger partial charge is 0.503 e. The number of anilines is 1. The molecule has 1 heterocycles. The van der Waals surface area contributed by atoms with Crippen LogP contribution < -0.4 is 9.64 Å². The maximum absolute atomic E-state index is 13.8. The summed E-state index contributed by atoms with van der Waals surface area (Å²) in [5.74, 6) is -3.50. The molecule has 8 heteroatoms. The molecular weight excluding hydrogens is 506 g/mol. The average molecular weight is 530 g/mol. The van der Waals surface area contributed by atoms with E-state index >= 15 is 0 Å². The van der Waals surface area contributed by atoms with E-state index in [2.05, 4.69) is 0 Å². The predicted octanol–water partition coefficient (Wildman–Crippen LogP) is 4.69. The maximum atomic E-state index is 13.8. The molecule has 1 saturated heterocycles. The van der Waals surface area contributed by atoms with Crippen LogP contribution in [0.3, 0.4) is 0 Å². The lowest BCUT2D eigenvalue weighted by Crippen LogP contribution is -2.39. The van der Waals surface area contributed by atoms with Gasteiger partial charge < -0.3 is 9.84 Å². The summed E-state index contributed by atoms with van der Waals surface area (Å²) in [6, 6.07) is 12.0. The predicted molar refractivity (Wildman–Crippen MR) is 140 cm³/mol. The molecule has 6 rings (SSSR count). The molecule has 1 aliphatic heterocycles. The Morgan fingerprint density at radius 3 is 2.47 bits per heavy atom. The van der Waals surface area contributed by atoms with Gasteiger partial charge in [-0.1, -0.05) is 41.4 Å². The van der Waals surface area contributed by atoms with Crippen LogP contribution in [-0.4, -0.2) is 35.6 Å². The van der Waals surface area contributed by atoms with Crippen molar-refractivity contribution in [2.45, 2.75) is 25.7 Å². The van der Waals surface area contributed by atoms with E-state index in [0.717, 1.165) is 5.57 Å². The smallest absolute Gasteiger partial charge is 0.238 e. The number of allylic oxidation sites excluding steroid dienone is 6. The van der Waals surface area contributed by atoms with Crippen molar-refractivity contribution in [3.05, 3.63) is 87.5 Å². The lowest BCUT2D eigenvalue weighted by atomic mass is 9.59. The van der Waals surface area contributed by atoms with Crippen LogP contribution in [0.4, 0.5) is 5.69 Å². The summed E-state index contributed by atoms with van der Waals surface area (Å²) in [5, 5.41) is 10.4. The lowest BCUT2D eigenvalue weighted by molar-refractivity contribution is -0.123. The summed E-state index contributed by atoms with van der Waals surface area (Å²) in [6.07, 6.45) is 3.82. The fraction of sp³-hybridized carbons (Fsp3) is 0.267. The number of carbonyl (C=O) groups excluding carboxylic acids is 4. The van der Waals surface area contributed by atoms with Crippen molar-refractivity contribution in [1.82, 2.24) is 0 Å². The molecule has 2 amide bonds. The number of hydrogen-bond donors (Lipinski definition) is 1. The first-order chi connectivity index (χ1) is 18.2. The van der Waals surface area contributed by atoms with Gasteiger partial charge in [-0.25, -0.2) is 0 Å². The number of ether oxygens (including phenoxy) is 1. The third-order valence-corrected chi connectivity index (χ3v) is 8.47. The minimum atomic E-state index is -0.675. The van der Waals surface area contributed by atoms with Gasteiger partial charge in [0.05, 0.1) is 29.7 Å². The van der Waals surface area contributed by atoms with Crippen LogP contribution in [-0.2, 0) is 19.2 Å². The molecule has 192 valence electrons. The second-order valence-electron chi connectivity index (χ2n) is 10.1. The molecule has 0 bridgehead atoms. The summed E-state index contributed by atoms with van der Waals surface area (Å²) < 4.78 is 5.32. The van der Waals surface area contributed by atoms with E-state index in [1.165, 1.54) is 18.1 Å². The van der Waals surface area contributed by atoms with Crippen molar-refractivity contribution in [3.8, 4) is 11.5 Å². The Balaban J connectivity index is 1.52. The summed E-state index contributed by atoms with van der Waals surface area (Å²) in [4.78, 5) is 55.3. The minimum Gasteiger partial charge on any atom is -0.503 e. The topological polar surface area (TPSA) is 101 Å². The average Bonchev–Trinajstić information content (AvgIpc) is 3.17. The first-order valence-corrected chi connectivity index (χ1v) is 12.8. The zero-order chi connectivity index (χ0) is 26.9. The molecule has 7 nitrogen and oxygen atoms in total. The zero-order valence-electron chi connectivity index (χ0n) is 20.7. The van der Waals surface area contributed by atoms with E-state index in [1.807, 2.05) is 12.1 Å². The fourth-order valence-corrected chi connectivity index (χ4v) is 6.73. The highest BCUT2D eigenvalue weighted by atomic mass is 35.5. The standard InChI is InChI=1S/C30H24ClNO6/c1-14-10-22(33)26-20(27(14)34)13-19-17(24(26)15-11-21(31)28(35)23(12-15)38-2)8-9-18-25(19)30(37)32(29(18)36)16-6-4-3-5-7-16/h3-8,10-12,18-19,24-25,35H,9,13H2,1-2H3/t18-,19+,24-,25-/m0/s1. The van der Waals surface area contributed by atoms with Gasteiger partial charge in [-0.3, -0.25) is 24.1 Å². The number of carbonyl (C=O) groups is 4. The number of ketones is 2. The summed E-state index contributed by atoms with van der Waals surface area (Å²) in [7, 11) is 1.40. The van der Waals surface area contributed by atoms with Gasteiger partial charge in [-0.2, -0.15) is 0 Å². The number of Topliss-reactive ketones (excluding diaryl/α,β-unsaturated/α-hetero) is 1. The van der Waals surface area contributed by atoms with Crippen LogP contribution in [0.5, 0.6) is 11.5 Å². The highest BCUT2D eigenvalue weighted by Crippen LogP contribution is 2.56. The number of imide groups is 1. The van der Waals surface area contributed by atoms with E-state index in [0.29, 0.717) is 34.4 Å². The van der Waals surface area contributed by atoms with Crippen molar-refractivity contribution in [3.63, 3.8) is 0 Å². The Morgan fingerprint density at radius 1 is 1.03 bits per heavy atom. The van der Waals surface area contributed by atoms with Gasteiger partial charge in [0, 0.05) is 22.6 Å². The van der Waals surface area contributed by atoms with Gasteiger partial charge in [0.15, 0.2) is 23.1 Å². The minimum absolute atomic E-state index is 0.0431. The fourth-order valence-electron chi connectivity index (χ4n) is 6.51. The number of phenolic OH excluding ortho intramolecular Hbond substituents is 1. The van der Waals surface area contributed by atoms with Gasteiger partial charge in [0.25, 0.3) is 0 Å². The summed E-state index contributed by atoms with van der Waals surface area (Å²) in [5.41, 5.74) is 2.94. The third kappa shape index (κ3) is 3.42. The number of aromatic hydroxyl groups is 1. The molecule has 1 N–H and O–H groups in total. The molecule has 0 saturated carbocycles. The Labute approximate surface area is 224 Å². The van der Waals surface area contributed by atoms with Gasteiger partial charge in [-0.15, -0.1) is 0 Å². The maximum Gasteiger partial charge on any atom is 0.238 e. The first-order valence-electron chi connectivity index (χ1n) is 12.4. The molecule has 0 radical (unpaired) electrons. The van der Waals surface area contributed by atoms with Crippen LogP contribution in [0.1, 0.15) is 31.2 Å². The number of rotatable bonds is 3. The Bertz CT molecular complexity index is 1540. The molecule has 0 unspecified atom stereocenters. The molecule has 3 aliphatic carbocycles. The Morgan fingerprint density at radius 2 is 1.76 bits per heavy atom. The van der Waals surface area contributed by atoms with E-state index in [1.54, 1.807) is 43.3 Å². The molecule has 1 fully saturated rings. The van der Waals surface area contributed by atoms with Crippen molar-refractivity contribution in [2.75, 3.05) is 12.0 Å². The molecule has 0 aromatic heterocycles. The third-order valence-electron chi connectivity index (χ3n) is 8.18. The van der Waals surface area contributed by atoms with Crippen molar-refractivity contribution >= 4 is 40.7 Å². The molecule has 4 aliphatic rings. The number of benzene rings is 2. The van der Waals surface area contributed by atoms with E-state index < -0.39 is 23.7 Å². The Kier molecular flexibility index (Phi) is 5.65. The number of para-hydroxylation sites is 1. The van der Waals surface area contributed by atoms with Crippen LogP contribution in [0.15, 0.2) is 76.9 Å². The van der Waals surface area contributed by atoms with Crippen molar-refractivity contribution in [2.24, 2.45) is 17.8 Å². The number of halogens is 1. The van der Waals surface area contributed by atoms with E-state index in [-0.39, 0.29) is 46.3 Å². The first kappa shape index (κ1) is 24.4. The van der Waals surface area contributed by atoms with Gasteiger partial charge in [0.1, 0.15) is 0 Å². The number of methoxy groups -OCH3 is 1. The number of hydrogen-bond acceptors (Lipinski definition) is 6.